The first-order valence-electron chi connectivity index (χ1n) is 15.0. The third-order valence-electron chi connectivity index (χ3n) is 8.83. The van der Waals surface area contributed by atoms with Gasteiger partial charge in [0.1, 0.15) is 0 Å². The number of imidazole rings is 1. The number of hydrogen-bond acceptors (Lipinski definition) is 3. The van der Waals surface area contributed by atoms with Crippen molar-refractivity contribution in [3.63, 3.8) is 0 Å². The fourth-order valence-electron chi connectivity index (χ4n) is 6.89. The van der Waals surface area contributed by atoms with Crippen LogP contribution in [-0.2, 0) is 26.7 Å². The summed E-state index contributed by atoms with van der Waals surface area (Å²) in [5, 5.41) is 0. The number of aromatic nitrogens is 3. The van der Waals surface area contributed by atoms with E-state index in [9.17, 15) is 0 Å². The summed E-state index contributed by atoms with van der Waals surface area (Å²) in [4.78, 5) is 11.9. The normalized spacial score (nSPS) is 17.2. The zero-order valence-electron chi connectivity index (χ0n) is 24.5. The van der Waals surface area contributed by atoms with Gasteiger partial charge in [0.2, 0.25) is 0 Å². The molecule has 0 spiro atoms. The maximum atomic E-state index is 4.96. The van der Waals surface area contributed by atoms with E-state index in [1.54, 1.807) is 5.57 Å². The first kappa shape index (κ1) is 28.6. The monoisotopic (exact) mass is 729 g/mol. The van der Waals surface area contributed by atoms with Gasteiger partial charge in [-0.3, -0.25) is 4.98 Å². The van der Waals surface area contributed by atoms with E-state index < -0.39 is 0 Å². The van der Waals surface area contributed by atoms with Gasteiger partial charge in [0.15, 0.2) is 0 Å². The number of rotatable bonds is 3. The molecule has 1 atom stereocenters. The van der Waals surface area contributed by atoms with Crippen molar-refractivity contribution in [3.05, 3.63) is 108 Å². The van der Waals surface area contributed by atoms with E-state index in [1.807, 2.05) is 36.5 Å². The SMILES string of the molecule is CC(C)N1Cc2ccc[c-]c2-c2ncccc21.CC1C=C(C2CCCC2)c2cccc3nc(-c4[c-]cccc4)n1c23.[Ir]. The first-order valence-corrected chi connectivity index (χ1v) is 15.0. The standard InChI is InChI=1S/C22H21N2.C15H15N2.Ir/c1-15-14-19(16-8-5-6-9-16)18-12-7-13-20-21(18)24(15)22(23-20)17-10-3-2-4-11-17;1-11(2)17-10-12-6-3-4-7-13(12)15-14(17)8-5-9-16-15;/h2-4,7,10,12-16H,5-6,8-9H2,1H3;3-6,8-9,11H,10H2,1-2H3;/q2*-1;. The fraction of sp³-hybridized carbons (Fsp3) is 0.297. The van der Waals surface area contributed by atoms with Gasteiger partial charge < -0.3 is 14.5 Å². The molecule has 0 saturated heterocycles. The minimum Gasteiger partial charge on any atom is -0.379 e. The predicted molar refractivity (Wildman–Crippen MR) is 168 cm³/mol. The van der Waals surface area contributed by atoms with Crippen LogP contribution in [0.2, 0.25) is 0 Å². The molecule has 42 heavy (non-hydrogen) atoms. The van der Waals surface area contributed by atoms with Crippen molar-refractivity contribution in [2.24, 2.45) is 5.92 Å². The number of pyridine rings is 1. The van der Waals surface area contributed by atoms with Gasteiger partial charge in [0, 0.05) is 61.9 Å². The maximum absolute atomic E-state index is 4.96. The minimum absolute atomic E-state index is 0. The Hall–Kier alpha value is -3.53. The second-order valence-electron chi connectivity index (χ2n) is 11.8. The van der Waals surface area contributed by atoms with Gasteiger partial charge in [-0.2, -0.15) is 0 Å². The van der Waals surface area contributed by atoms with Crippen molar-refractivity contribution >= 4 is 22.3 Å². The summed E-state index contributed by atoms with van der Waals surface area (Å²) in [7, 11) is 0. The van der Waals surface area contributed by atoms with Crippen molar-refractivity contribution in [3.8, 4) is 22.6 Å². The van der Waals surface area contributed by atoms with Gasteiger partial charge in [-0.05, 0) is 63.3 Å². The van der Waals surface area contributed by atoms with Crippen LogP contribution in [0.15, 0.2) is 85.1 Å². The molecule has 8 rings (SSSR count). The van der Waals surface area contributed by atoms with Gasteiger partial charge in [-0.25, -0.2) is 0 Å². The summed E-state index contributed by atoms with van der Waals surface area (Å²) < 4.78 is 2.40. The molecule has 0 bridgehead atoms. The third-order valence-corrected chi connectivity index (χ3v) is 8.83. The van der Waals surface area contributed by atoms with Crippen molar-refractivity contribution in [1.82, 2.24) is 14.5 Å². The van der Waals surface area contributed by atoms with Gasteiger partial charge in [0.05, 0.1) is 16.9 Å². The number of nitrogens with zero attached hydrogens (tertiary/aromatic N) is 4. The quantitative estimate of drug-likeness (QED) is 0.174. The van der Waals surface area contributed by atoms with Crippen LogP contribution in [0.25, 0.3) is 39.3 Å². The zero-order chi connectivity index (χ0) is 27.9. The number of benzene rings is 3. The number of para-hydroxylation sites is 1. The van der Waals surface area contributed by atoms with Crippen molar-refractivity contribution < 1.29 is 20.1 Å². The molecular formula is C37H36IrN4-2. The molecule has 1 unspecified atom stereocenters. The molecular weight excluding hydrogens is 693 g/mol. The van der Waals surface area contributed by atoms with Crippen molar-refractivity contribution in [2.45, 2.75) is 65.1 Å². The first-order chi connectivity index (χ1) is 20.1. The Labute approximate surface area is 262 Å². The largest absolute Gasteiger partial charge is 0.379 e. The molecule has 1 aliphatic carbocycles. The Kier molecular flexibility index (Phi) is 8.16. The van der Waals surface area contributed by atoms with E-state index in [4.69, 9.17) is 4.98 Å². The van der Waals surface area contributed by atoms with Gasteiger partial charge in [-0.15, -0.1) is 71.3 Å². The van der Waals surface area contributed by atoms with E-state index >= 15 is 0 Å². The number of hydrogen-bond donors (Lipinski definition) is 0. The van der Waals surface area contributed by atoms with Gasteiger partial charge in [-0.1, -0.05) is 31.1 Å². The van der Waals surface area contributed by atoms with Gasteiger partial charge >= 0.3 is 0 Å². The average molecular weight is 729 g/mol. The number of anilines is 1. The minimum atomic E-state index is 0. The average Bonchev–Trinajstić information content (AvgIpc) is 3.69. The Bertz CT molecular complexity index is 1730. The smallest absolute Gasteiger partial charge is 0.0777 e. The van der Waals surface area contributed by atoms with Crippen LogP contribution in [0.1, 0.15) is 63.6 Å². The van der Waals surface area contributed by atoms with Crippen LogP contribution >= 0.6 is 0 Å². The molecule has 3 aromatic carbocycles. The predicted octanol–water partition coefficient (Wildman–Crippen LogP) is 8.93. The molecule has 5 heteroatoms. The second-order valence-corrected chi connectivity index (χ2v) is 11.8. The molecule has 1 saturated carbocycles. The molecule has 4 nitrogen and oxygen atoms in total. The topological polar surface area (TPSA) is 34.0 Å². The zero-order valence-corrected chi connectivity index (χ0v) is 26.9. The Morgan fingerprint density at radius 3 is 2.52 bits per heavy atom. The molecule has 1 radical (unpaired) electrons. The van der Waals surface area contributed by atoms with Crippen LogP contribution in [-0.4, -0.2) is 20.6 Å². The van der Waals surface area contributed by atoms with E-state index in [0.29, 0.717) is 12.1 Å². The fourth-order valence-corrected chi connectivity index (χ4v) is 6.89. The molecule has 2 aliphatic heterocycles. The Morgan fingerprint density at radius 2 is 1.74 bits per heavy atom. The van der Waals surface area contributed by atoms with E-state index in [0.717, 1.165) is 40.6 Å². The summed E-state index contributed by atoms with van der Waals surface area (Å²) in [5.74, 6) is 1.76. The van der Waals surface area contributed by atoms with Crippen LogP contribution < -0.4 is 4.90 Å². The van der Waals surface area contributed by atoms with Crippen LogP contribution in [0, 0.1) is 18.1 Å². The van der Waals surface area contributed by atoms with Gasteiger partial charge in [0.25, 0.3) is 0 Å². The summed E-state index contributed by atoms with van der Waals surface area (Å²) in [6.07, 6.45) is 9.75. The molecule has 1 fully saturated rings. The molecule has 215 valence electrons. The molecule has 3 aliphatic rings. The van der Waals surface area contributed by atoms with E-state index in [-0.39, 0.29) is 20.1 Å². The molecule has 0 amide bonds. The number of allylic oxidation sites excluding steroid dienone is 2. The van der Waals surface area contributed by atoms with E-state index in [2.05, 4.69) is 95.9 Å². The summed E-state index contributed by atoms with van der Waals surface area (Å²) in [5.41, 5.74) is 11.2. The van der Waals surface area contributed by atoms with Crippen LogP contribution in [0.5, 0.6) is 0 Å². The van der Waals surface area contributed by atoms with Crippen LogP contribution in [0.4, 0.5) is 5.69 Å². The molecule has 2 aromatic heterocycles. The Morgan fingerprint density at radius 1 is 0.905 bits per heavy atom. The third kappa shape index (κ3) is 5.03. The van der Waals surface area contributed by atoms with Crippen molar-refractivity contribution in [2.75, 3.05) is 4.90 Å². The molecule has 5 aromatic rings. The summed E-state index contributed by atoms with van der Waals surface area (Å²) in [6, 6.07) is 32.5. The Balaban J connectivity index is 0.000000155. The van der Waals surface area contributed by atoms with E-state index in [1.165, 1.54) is 48.0 Å². The second kappa shape index (κ2) is 12.0. The maximum Gasteiger partial charge on any atom is 0.0777 e. The molecule has 0 N–H and O–H groups in total. The molecule has 4 heterocycles. The van der Waals surface area contributed by atoms with Crippen LogP contribution in [0.3, 0.4) is 0 Å². The van der Waals surface area contributed by atoms with Crippen molar-refractivity contribution in [1.29, 1.82) is 0 Å². The summed E-state index contributed by atoms with van der Waals surface area (Å²) in [6.45, 7) is 7.67. The number of fused-ring (bicyclic) bond motifs is 3. The summed E-state index contributed by atoms with van der Waals surface area (Å²) >= 11 is 0.